The number of isocyanates is 1. The molecular formula is C12H11NO3. The van der Waals surface area contributed by atoms with Gasteiger partial charge in [0, 0.05) is 0 Å². The van der Waals surface area contributed by atoms with E-state index in [0.29, 0.717) is 0 Å². The van der Waals surface area contributed by atoms with Crippen LogP contribution in [-0.4, -0.2) is 12.9 Å². The van der Waals surface area contributed by atoms with Crippen molar-refractivity contribution in [3.05, 3.63) is 23.3 Å². The van der Waals surface area contributed by atoms with Gasteiger partial charge in [0.05, 0.1) is 5.54 Å². The summed E-state index contributed by atoms with van der Waals surface area (Å²) < 4.78 is 10.6. The predicted octanol–water partition coefficient (Wildman–Crippen LogP) is 2.05. The highest BCUT2D eigenvalue weighted by Crippen LogP contribution is 2.52. The molecule has 1 heterocycles. The van der Waals surface area contributed by atoms with Crippen LogP contribution in [-0.2, 0) is 10.3 Å². The Morgan fingerprint density at radius 3 is 2.62 bits per heavy atom. The summed E-state index contributed by atoms with van der Waals surface area (Å²) in [7, 11) is 0. The summed E-state index contributed by atoms with van der Waals surface area (Å²) in [6, 6.07) is 3.88. The van der Waals surface area contributed by atoms with Crippen molar-refractivity contribution in [3.8, 4) is 11.5 Å². The standard InChI is InChI=1S/C12H11NO3/c1-8-4-10-11(16-7-15-10)5-9(8)12(2-3-12)13-6-14/h4-5H,2-3,7H2,1H3. The van der Waals surface area contributed by atoms with Crippen LogP contribution in [0.1, 0.15) is 24.0 Å². The van der Waals surface area contributed by atoms with Crippen molar-refractivity contribution in [1.29, 1.82) is 0 Å². The van der Waals surface area contributed by atoms with Crippen LogP contribution in [0.3, 0.4) is 0 Å². The van der Waals surface area contributed by atoms with E-state index in [1.165, 1.54) is 0 Å². The minimum atomic E-state index is -0.340. The topological polar surface area (TPSA) is 47.9 Å². The quantitative estimate of drug-likeness (QED) is 0.562. The molecule has 0 amide bonds. The smallest absolute Gasteiger partial charge is 0.235 e. The molecule has 4 heteroatoms. The fourth-order valence-corrected chi connectivity index (χ4v) is 2.19. The average Bonchev–Trinajstić information content (AvgIpc) is 2.89. The monoisotopic (exact) mass is 217 g/mol. The lowest BCUT2D eigenvalue weighted by atomic mass is 9.99. The molecule has 1 saturated carbocycles. The van der Waals surface area contributed by atoms with Crippen LogP contribution in [0.25, 0.3) is 0 Å². The highest BCUT2D eigenvalue weighted by molar-refractivity contribution is 5.53. The van der Waals surface area contributed by atoms with Gasteiger partial charge in [0.2, 0.25) is 12.9 Å². The lowest BCUT2D eigenvalue weighted by Gasteiger charge is -2.12. The number of benzene rings is 1. The number of aryl methyl sites for hydroxylation is 1. The third-order valence-electron chi connectivity index (χ3n) is 3.20. The van der Waals surface area contributed by atoms with Crippen molar-refractivity contribution in [3.63, 3.8) is 0 Å². The molecule has 4 nitrogen and oxygen atoms in total. The molecule has 82 valence electrons. The molecule has 2 aliphatic rings. The number of aliphatic imine (C=N–C) groups is 1. The van der Waals surface area contributed by atoms with Gasteiger partial charge in [-0.1, -0.05) is 0 Å². The maximum absolute atomic E-state index is 10.4. The average molecular weight is 217 g/mol. The summed E-state index contributed by atoms with van der Waals surface area (Å²) in [5, 5.41) is 0. The molecule has 1 aromatic carbocycles. The molecule has 0 atom stereocenters. The van der Waals surface area contributed by atoms with E-state index in [-0.39, 0.29) is 12.3 Å². The third-order valence-corrected chi connectivity index (χ3v) is 3.20. The SMILES string of the molecule is Cc1cc2c(cc1C1(N=C=O)CC1)OCO2. The number of carbonyl (C=O) groups excluding carboxylic acids is 1. The van der Waals surface area contributed by atoms with Gasteiger partial charge in [0.1, 0.15) is 0 Å². The van der Waals surface area contributed by atoms with Crippen LogP contribution in [0.5, 0.6) is 11.5 Å². The molecule has 0 N–H and O–H groups in total. The molecule has 1 aliphatic carbocycles. The van der Waals surface area contributed by atoms with Gasteiger partial charge in [-0.3, -0.25) is 0 Å². The van der Waals surface area contributed by atoms with Crippen LogP contribution >= 0.6 is 0 Å². The first-order valence-electron chi connectivity index (χ1n) is 5.25. The molecule has 1 aromatic rings. The van der Waals surface area contributed by atoms with Gasteiger partial charge in [0.25, 0.3) is 0 Å². The van der Waals surface area contributed by atoms with Crippen LogP contribution in [0.15, 0.2) is 17.1 Å². The van der Waals surface area contributed by atoms with Crippen LogP contribution in [0.2, 0.25) is 0 Å². The maximum atomic E-state index is 10.4. The summed E-state index contributed by atoms with van der Waals surface area (Å²) in [5.74, 6) is 1.51. The first-order valence-corrected chi connectivity index (χ1v) is 5.25. The van der Waals surface area contributed by atoms with Gasteiger partial charge < -0.3 is 9.47 Å². The number of hydrogen-bond donors (Lipinski definition) is 0. The van der Waals surface area contributed by atoms with Gasteiger partial charge in [-0.15, -0.1) is 0 Å². The minimum Gasteiger partial charge on any atom is -0.454 e. The van der Waals surface area contributed by atoms with E-state index >= 15 is 0 Å². The predicted molar refractivity (Wildman–Crippen MR) is 56.3 cm³/mol. The van der Waals surface area contributed by atoms with Gasteiger partial charge in [0.15, 0.2) is 11.5 Å². The van der Waals surface area contributed by atoms with Gasteiger partial charge in [-0.2, -0.15) is 4.99 Å². The second kappa shape index (κ2) is 3.09. The second-order valence-corrected chi connectivity index (χ2v) is 4.26. The maximum Gasteiger partial charge on any atom is 0.235 e. The van der Waals surface area contributed by atoms with E-state index in [4.69, 9.17) is 9.47 Å². The second-order valence-electron chi connectivity index (χ2n) is 4.26. The number of nitrogens with zero attached hydrogens (tertiary/aromatic N) is 1. The molecule has 0 saturated heterocycles. The molecule has 1 aliphatic heterocycles. The number of fused-ring (bicyclic) bond motifs is 1. The van der Waals surface area contributed by atoms with E-state index in [1.807, 2.05) is 19.1 Å². The van der Waals surface area contributed by atoms with Crippen LogP contribution in [0, 0.1) is 6.92 Å². The van der Waals surface area contributed by atoms with Crippen LogP contribution in [0.4, 0.5) is 0 Å². The molecule has 3 rings (SSSR count). The molecular weight excluding hydrogens is 206 g/mol. The van der Waals surface area contributed by atoms with E-state index < -0.39 is 0 Å². The molecule has 0 radical (unpaired) electrons. The zero-order chi connectivity index (χ0) is 11.2. The molecule has 0 unspecified atom stereocenters. The molecule has 1 fully saturated rings. The Labute approximate surface area is 92.9 Å². The summed E-state index contributed by atoms with van der Waals surface area (Å²) in [6.07, 6.45) is 3.48. The summed E-state index contributed by atoms with van der Waals surface area (Å²) in [5.41, 5.74) is 1.80. The molecule has 16 heavy (non-hydrogen) atoms. The number of hydrogen-bond acceptors (Lipinski definition) is 4. The van der Waals surface area contributed by atoms with Crippen molar-refractivity contribution >= 4 is 6.08 Å². The Morgan fingerprint density at radius 1 is 1.31 bits per heavy atom. The Hall–Kier alpha value is -1.80. The van der Waals surface area contributed by atoms with Gasteiger partial charge in [-0.05, 0) is 43.0 Å². The number of rotatable bonds is 2. The van der Waals surface area contributed by atoms with Crippen molar-refractivity contribution in [2.75, 3.05) is 6.79 Å². The third kappa shape index (κ3) is 1.24. The van der Waals surface area contributed by atoms with E-state index in [0.717, 1.165) is 35.5 Å². The Balaban J connectivity index is 2.11. The largest absolute Gasteiger partial charge is 0.454 e. The zero-order valence-corrected chi connectivity index (χ0v) is 8.95. The Bertz CT molecular complexity index is 499. The molecule has 0 bridgehead atoms. The highest BCUT2D eigenvalue weighted by atomic mass is 16.7. The molecule has 0 aromatic heterocycles. The van der Waals surface area contributed by atoms with E-state index in [9.17, 15) is 4.79 Å². The Morgan fingerprint density at radius 2 is 2.00 bits per heavy atom. The summed E-state index contributed by atoms with van der Waals surface area (Å²) in [4.78, 5) is 14.4. The fourth-order valence-electron chi connectivity index (χ4n) is 2.19. The number of ether oxygens (including phenoxy) is 2. The van der Waals surface area contributed by atoms with Crippen molar-refractivity contribution in [2.45, 2.75) is 25.3 Å². The van der Waals surface area contributed by atoms with Crippen molar-refractivity contribution in [2.24, 2.45) is 4.99 Å². The highest BCUT2D eigenvalue weighted by Gasteiger charge is 2.46. The first kappa shape index (κ1) is 9.43. The lowest BCUT2D eigenvalue weighted by molar-refractivity contribution is 0.174. The minimum absolute atomic E-state index is 0.266. The zero-order valence-electron chi connectivity index (χ0n) is 8.95. The van der Waals surface area contributed by atoms with Crippen molar-refractivity contribution in [1.82, 2.24) is 0 Å². The van der Waals surface area contributed by atoms with Crippen LogP contribution < -0.4 is 9.47 Å². The first-order chi connectivity index (χ1) is 7.75. The summed E-state index contributed by atoms with van der Waals surface area (Å²) in [6.45, 7) is 2.26. The Kier molecular flexibility index (Phi) is 1.82. The normalized spacial score (nSPS) is 19.1. The van der Waals surface area contributed by atoms with Crippen molar-refractivity contribution < 1.29 is 14.3 Å². The van der Waals surface area contributed by atoms with Gasteiger partial charge in [-0.25, -0.2) is 4.79 Å². The lowest BCUT2D eigenvalue weighted by Crippen LogP contribution is -2.04. The van der Waals surface area contributed by atoms with Gasteiger partial charge >= 0.3 is 0 Å². The fraction of sp³-hybridized carbons (Fsp3) is 0.417. The van der Waals surface area contributed by atoms with E-state index in [1.54, 1.807) is 6.08 Å². The van der Waals surface area contributed by atoms with E-state index in [2.05, 4.69) is 4.99 Å². The molecule has 0 spiro atoms. The summed E-state index contributed by atoms with van der Waals surface area (Å²) >= 11 is 0.